The fraction of sp³-hybridized carbons (Fsp3) is 0.407. The minimum atomic E-state index is 0.275. The lowest BCUT2D eigenvalue weighted by Gasteiger charge is -2.17. The van der Waals surface area contributed by atoms with Crippen molar-refractivity contribution in [3.05, 3.63) is 65.3 Å². The molecule has 9 nitrogen and oxygen atoms in total. The number of likely N-dealkylation sites (tertiary alicyclic amines) is 1. The molecule has 1 aliphatic heterocycles. The first-order valence-corrected chi connectivity index (χ1v) is 13.2. The predicted octanol–water partition coefficient (Wildman–Crippen LogP) is 4.71. The van der Waals surface area contributed by atoms with Crippen LogP contribution in [0.3, 0.4) is 0 Å². The maximum absolute atomic E-state index is 6.30. The Hall–Kier alpha value is -3.27. The van der Waals surface area contributed by atoms with E-state index in [0.29, 0.717) is 17.5 Å². The molecule has 1 aromatic carbocycles. The average Bonchev–Trinajstić information content (AvgIpc) is 3.63. The second kappa shape index (κ2) is 11.4. The molecular formula is C27H33ClN8O. The molecule has 10 heteroatoms. The van der Waals surface area contributed by atoms with Crippen LogP contribution in [0.15, 0.2) is 53.4 Å². The van der Waals surface area contributed by atoms with Crippen molar-refractivity contribution >= 4 is 17.5 Å². The molecule has 5 rings (SSSR count). The number of anilines is 1. The fourth-order valence-electron chi connectivity index (χ4n) is 4.84. The van der Waals surface area contributed by atoms with E-state index in [0.717, 1.165) is 67.4 Å². The molecule has 0 unspecified atom stereocenters. The van der Waals surface area contributed by atoms with Crippen LogP contribution in [0, 0.1) is 0 Å². The summed E-state index contributed by atoms with van der Waals surface area (Å²) in [4.78, 5) is 14.2. The summed E-state index contributed by atoms with van der Waals surface area (Å²) in [6.45, 7) is 9.60. The summed E-state index contributed by atoms with van der Waals surface area (Å²) < 4.78 is 7.74. The number of nitrogens with one attached hydrogen (secondary N) is 1. The van der Waals surface area contributed by atoms with E-state index in [-0.39, 0.29) is 6.04 Å². The number of hydrogen-bond acceptors (Lipinski definition) is 8. The zero-order chi connectivity index (χ0) is 25.8. The summed E-state index contributed by atoms with van der Waals surface area (Å²) in [6.07, 6.45) is 6.82. The van der Waals surface area contributed by atoms with Crippen LogP contribution < -0.4 is 5.32 Å². The molecule has 4 heterocycles. The summed E-state index contributed by atoms with van der Waals surface area (Å²) >= 11 is 6.30. The van der Waals surface area contributed by atoms with E-state index in [1.165, 1.54) is 5.56 Å². The number of hydrogen-bond donors (Lipinski definition) is 1. The van der Waals surface area contributed by atoms with Gasteiger partial charge >= 0.3 is 0 Å². The number of rotatable bonds is 10. The second-order valence-corrected chi connectivity index (χ2v) is 9.89. The molecule has 3 aromatic heterocycles. The molecule has 1 N–H and O–H groups in total. The monoisotopic (exact) mass is 520 g/mol. The van der Waals surface area contributed by atoms with Gasteiger partial charge in [0.2, 0.25) is 5.95 Å². The zero-order valence-corrected chi connectivity index (χ0v) is 22.3. The average molecular weight is 521 g/mol. The molecule has 0 spiro atoms. The van der Waals surface area contributed by atoms with Gasteiger partial charge in [0.15, 0.2) is 5.76 Å². The van der Waals surface area contributed by atoms with Crippen molar-refractivity contribution in [3.63, 3.8) is 0 Å². The molecule has 4 aromatic rings. The van der Waals surface area contributed by atoms with Gasteiger partial charge in [-0.05, 0) is 37.7 Å². The van der Waals surface area contributed by atoms with Crippen LogP contribution in [0.5, 0.6) is 0 Å². The van der Waals surface area contributed by atoms with Crippen LogP contribution in [0.2, 0.25) is 5.02 Å². The predicted molar refractivity (Wildman–Crippen MR) is 145 cm³/mol. The quantitative estimate of drug-likeness (QED) is 0.321. The topological polar surface area (TPSA) is 88.1 Å². The van der Waals surface area contributed by atoms with Gasteiger partial charge in [-0.1, -0.05) is 42.7 Å². The summed E-state index contributed by atoms with van der Waals surface area (Å²) in [7, 11) is 1.95. The summed E-state index contributed by atoms with van der Waals surface area (Å²) in [5.74, 6) is 1.39. The zero-order valence-electron chi connectivity index (χ0n) is 21.6. The van der Waals surface area contributed by atoms with Crippen molar-refractivity contribution in [2.75, 3.05) is 31.5 Å². The first-order chi connectivity index (χ1) is 18.0. The molecule has 1 saturated heterocycles. The van der Waals surface area contributed by atoms with Gasteiger partial charge in [-0.2, -0.15) is 5.10 Å². The summed E-state index contributed by atoms with van der Waals surface area (Å²) in [5, 5.41) is 12.9. The number of benzene rings is 1. The standard InChI is InChI=1S/C27H33ClN8O/c1-4-35(5-2)18-24-25(26(33-37-24)20-7-6-8-21(28)13-20)23-9-11-29-27(32-23)31-22-10-12-36(17-22)16-19-14-30-34(3)15-19/h6-9,11,13-15,22H,4-5,10,12,16-18H2,1-3H3,(H,29,31,32)/t22-/m1/s1. The Balaban J connectivity index is 1.38. The molecule has 0 bridgehead atoms. The molecule has 37 heavy (non-hydrogen) atoms. The number of aromatic nitrogens is 5. The minimum absolute atomic E-state index is 0.275. The third-order valence-corrected chi connectivity index (χ3v) is 7.04. The Morgan fingerprint density at radius 3 is 2.84 bits per heavy atom. The molecule has 1 fully saturated rings. The van der Waals surface area contributed by atoms with Gasteiger partial charge in [-0.15, -0.1) is 0 Å². The van der Waals surface area contributed by atoms with Crippen molar-refractivity contribution in [3.8, 4) is 22.5 Å². The van der Waals surface area contributed by atoms with Crippen molar-refractivity contribution < 1.29 is 4.52 Å². The largest absolute Gasteiger partial charge is 0.359 e. The second-order valence-electron chi connectivity index (χ2n) is 9.45. The Bertz CT molecular complexity index is 1330. The Labute approximate surface area is 222 Å². The van der Waals surface area contributed by atoms with Crippen molar-refractivity contribution in [1.29, 1.82) is 0 Å². The van der Waals surface area contributed by atoms with Gasteiger partial charge in [0.25, 0.3) is 0 Å². The van der Waals surface area contributed by atoms with Crippen LogP contribution in [0.1, 0.15) is 31.6 Å². The molecule has 0 saturated carbocycles. The maximum Gasteiger partial charge on any atom is 0.223 e. The molecule has 194 valence electrons. The Morgan fingerprint density at radius 2 is 2.08 bits per heavy atom. The first-order valence-electron chi connectivity index (χ1n) is 12.8. The lowest BCUT2D eigenvalue weighted by Crippen LogP contribution is -2.26. The van der Waals surface area contributed by atoms with Gasteiger partial charge in [-0.25, -0.2) is 9.97 Å². The molecule has 1 aliphatic rings. The van der Waals surface area contributed by atoms with E-state index in [4.69, 9.17) is 21.1 Å². The van der Waals surface area contributed by atoms with Crippen LogP contribution in [0.4, 0.5) is 5.95 Å². The van der Waals surface area contributed by atoms with E-state index in [1.807, 2.05) is 48.3 Å². The van der Waals surface area contributed by atoms with E-state index in [9.17, 15) is 0 Å². The maximum atomic E-state index is 6.30. The highest BCUT2D eigenvalue weighted by molar-refractivity contribution is 6.30. The van der Waals surface area contributed by atoms with Crippen molar-refractivity contribution in [1.82, 2.24) is 34.7 Å². The van der Waals surface area contributed by atoms with Gasteiger partial charge in [0.05, 0.1) is 24.0 Å². The van der Waals surface area contributed by atoms with E-state index >= 15 is 0 Å². The number of nitrogens with zero attached hydrogens (tertiary/aromatic N) is 7. The SMILES string of the molecule is CCN(CC)Cc1onc(-c2cccc(Cl)c2)c1-c1ccnc(N[C@@H]2CCN(Cc3cnn(C)c3)C2)n1. The minimum Gasteiger partial charge on any atom is -0.359 e. The highest BCUT2D eigenvalue weighted by Crippen LogP contribution is 2.35. The lowest BCUT2D eigenvalue weighted by molar-refractivity contribution is 0.252. The van der Waals surface area contributed by atoms with E-state index < -0.39 is 0 Å². The van der Waals surface area contributed by atoms with Gasteiger partial charge < -0.3 is 9.84 Å². The van der Waals surface area contributed by atoms with Crippen molar-refractivity contribution in [2.24, 2.45) is 7.05 Å². The van der Waals surface area contributed by atoms with E-state index in [1.54, 1.807) is 6.20 Å². The van der Waals surface area contributed by atoms with Gasteiger partial charge in [-0.3, -0.25) is 14.5 Å². The molecule has 1 atom stereocenters. The normalized spacial score (nSPS) is 16.1. The van der Waals surface area contributed by atoms with Crippen LogP contribution in [-0.2, 0) is 20.1 Å². The van der Waals surface area contributed by atoms with Crippen molar-refractivity contribution in [2.45, 2.75) is 39.4 Å². The fourth-order valence-corrected chi connectivity index (χ4v) is 5.03. The Kier molecular flexibility index (Phi) is 7.83. The van der Waals surface area contributed by atoms with Crippen LogP contribution in [-0.4, -0.2) is 66.9 Å². The highest BCUT2D eigenvalue weighted by Gasteiger charge is 2.25. The molecule has 0 amide bonds. The highest BCUT2D eigenvalue weighted by atomic mass is 35.5. The number of aryl methyl sites for hydroxylation is 1. The Morgan fingerprint density at radius 1 is 1.22 bits per heavy atom. The third-order valence-electron chi connectivity index (χ3n) is 6.80. The lowest BCUT2D eigenvalue weighted by atomic mass is 10.0. The molecule has 0 radical (unpaired) electrons. The first kappa shape index (κ1) is 25.4. The molecule has 0 aliphatic carbocycles. The van der Waals surface area contributed by atoms with Crippen LogP contribution >= 0.6 is 11.6 Å². The van der Waals surface area contributed by atoms with Crippen LogP contribution in [0.25, 0.3) is 22.5 Å². The van der Waals surface area contributed by atoms with E-state index in [2.05, 4.69) is 50.4 Å². The van der Waals surface area contributed by atoms with Gasteiger partial charge in [0, 0.05) is 61.3 Å². The molecular weight excluding hydrogens is 488 g/mol. The van der Waals surface area contributed by atoms with Gasteiger partial charge in [0.1, 0.15) is 5.69 Å². The third kappa shape index (κ3) is 6.01. The summed E-state index contributed by atoms with van der Waals surface area (Å²) in [5.41, 5.74) is 4.51. The smallest absolute Gasteiger partial charge is 0.223 e. The summed E-state index contributed by atoms with van der Waals surface area (Å²) in [6, 6.07) is 9.86. The number of halogens is 1.